The SMILES string of the molecule is Cc1cc(-c2nc(-c3cccc4c3CCC4NSCCO)ns2)ccc1OC(C)C. The van der Waals surface area contributed by atoms with Crippen molar-refractivity contribution in [1.29, 1.82) is 0 Å². The lowest BCUT2D eigenvalue weighted by Crippen LogP contribution is -2.12. The van der Waals surface area contributed by atoms with E-state index in [4.69, 9.17) is 14.8 Å². The molecule has 158 valence electrons. The average molecular weight is 442 g/mol. The molecule has 1 atom stereocenters. The van der Waals surface area contributed by atoms with Crippen molar-refractivity contribution in [2.45, 2.75) is 45.8 Å². The number of nitrogens with zero attached hydrogens (tertiary/aromatic N) is 2. The van der Waals surface area contributed by atoms with Gasteiger partial charge in [0.05, 0.1) is 12.7 Å². The van der Waals surface area contributed by atoms with Crippen molar-refractivity contribution < 1.29 is 9.84 Å². The zero-order valence-electron chi connectivity index (χ0n) is 17.5. The van der Waals surface area contributed by atoms with E-state index < -0.39 is 0 Å². The molecule has 0 spiro atoms. The molecule has 5 nitrogen and oxygen atoms in total. The summed E-state index contributed by atoms with van der Waals surface area (Å²) in [5.41, 5.74) is 5.96. The van der Waals surface area contributed by atoms with E-state index in [9.17, 15) is 0 Å². The number of aliphatic hydroxyl groups excluding tert-OH is 1. The van der Waals surface area contributed by atoms with E-state index in [1.165, 1.54) is 22.7 Å². The van der Waals surface area contributed by atoms with Crippen molar-refractivity contribution in [2.75, 3.05) is 12.4 Å². The Labute approximate surface area is 186 Å². The molecule has 0 saturated heterocycles. The molecule has 7 heteroatoms. The minimum atomic E-state index is 0.156. The van der Waals surface area contributed by atoms with Crippen molar-refractivity contribution >= 4 is 23.5 Å². The zero-order valence-corrected chi connectivity index (χ0v) is 19.1. The Bertz CT molecular complexity index is 1020. The van der Waals surface area contributed by atoms with E-state index in [0.717, 1.165) is 46.1 Å². The molecule has 1 aromatic heterocycles. The van der Waals surface area contributed by atoms with Crippen molar-refractivity contribution in [3.8, 4) is 27.7 Å². The van der Waals surface area contributed by atoms with E-state index in [-0.39, 0.29) is 12.7 Å². The van der Waals surface area contributed by atoms with Crippen LogP contribution in [0.4, 0.5) is 0 Å². The van der Waals surface area contributed by atoms with Crippen molar-refractivity contribution in [2.24, 2.45) is 0 Å². The Kier molecular flexibility index (Phi) is 6.73. The highest BCUT2D eigenvalue weighted by atomic mass is 32.2. The van der Waals surface area contributed by atoms with E-state index >= 15 is 0 Å². The van der Waals surface area contributed by atoms with Crippen LogP contribution >= 0.6 is 23.5 Å². The summed E-state index contributed by atoms with van der Waals surface area (Å²) in [5, 5.41) is 9.94. The van der Waals surface area contributed by atoms with Gasteiger partial charge < -0.3 is 9.84 Å². The second-order valence-electron chi connectivity index (χ2n) is 7.72. The summed E-state index contributed by atoms with van der Waals surface area (Å²) in [6, 6.07) is 12.9. The van der Waals surface area contributed by atoms with Gasteiger partial charge in [-0.1, -0.05) is 30.1 Å². The molecule has 1 aliphatic carbocycles. The number of benzene rings is 2. The molecule has 3 aromatic rings. The Morgan fingerprint density at radius 1 is 1.30 bits per heavy atom. The number of ether oxygens (including phenoxy) is 1. The number of aromatic nitrogens is 2. The quantitative estimate of drug-likeness (QED) is 0.371. The molecule has 0 bridgehead atoms. The average Bonchev–Trinajstić information content (AvgIpc) is 3.37. The largest absolute Gasteiger partial charge is 0.491 e. The van der Waals surface area contributed by atoms with E-state index in [1.54, 1.807) is 11.9 Å². The highest BCUT2D eigenvalue weighted by molar-refractivity contribution is 7.97. The van der Waals surface area contributed by atoms with Crippen LogP contribution in [0.25, 0.3) is 22.0 Å². The summed E-state index contributed by atoms with van der Waals surface area (Å²) in [6.07, 6.45) is 2.22. The van der Waals surface area contributed by atoms with Gasteiger partial charge in [-0.25, -0.2) is 4.98 Å². The summed E-state index contributed by atoms with van der Waals surface area (Å²) in [6.45, 7) is 6.32. The smallest absolute Gasteiger partial charge is 0.173 e. The van der Waals surface area contributed by atoms with E-state index in [2.05, 4.69) is 46.4 Å². The topological polar surface area (TPSA) is 67.3 Å². The minimum absolute atomic E-state index is 0.156. The van der Waals surface area contributed by atoms with Gasteiger partial charge in [-0.05, 0) is 80.0 Å². The van der Waals surface area contributed by atoms with E-state index in [1.807, 2.05) is 19.9 Å². The molecular formula is C23H27N3O2S2. The number of hydrogen-bond donors (Lipinski definition) is 2. The van der Waals surface area contributed by atoms with Gasteiger partial charge in [-0.3, -0.25) is 4.72 Å². The van der Waals surface area contributed by atoms with Crippen molar-refractivity contribution in [3.05, 3.63) is 53.1 Å². The summed E-state index contributed by atoms with van der Waals surface area (Å²) >= 11 is 3.02. The number of hydrogen-bond acceptors (Lipinski definition) is 7. The Morgan fingerprint density at radius 3 is 2.93 bits per heavy atom. The fraction of sp³-hybridized carbons (Fsp3) is 0.391. The first-order valence-electron chi connectivity index (χ1n) is 10.3. The highest BCUT2D eigenvalue weighted by Gasteiger charge is 2.26. The second kappa shape index (κ2) is 9.47. The van der Waals surface area contributed by atoms with Gasteiger partial charge in [0.2, 0.25) is 0 Å². The number of rotatable bonds is 8. The Balaban J connectivity index is 1.57. The molecule has 0 fully saturated rings. The standard InChI is InChI=1S/C23H27N3O2S2/c1-14(2)28-21-10-7-16(13-15(21)3)23-24-22(26-30-23)19-6-4-5-18-17(19)8-9-20(18)25-29-12-11-27/h4-7,10,13-14,20,25,27H,8-9,11-12H2,1-3H3. The normalized spacial score (nSPS) is 15.6. The third-order valence-electron chi connectivity index (χ3n) is 5.14. The van der Waals surface area contributed by atoms with Crippen LogP contribution in [0.3, 0.4) is 0 Å². The lowest BCUT2D eigenvalue weighted by atomic mass is 10.0. The fourth-order valence-corrected chi connectivity index (χ4v) is 5.14. The Morgan fingerprint density at radius 2 is 2.17 bits per heavy atom. The van der Waals surface area contributed by atoms with Crippen LogP contribution in [0, 0.1) is 6.92 Å². The number of nitrogens with one attached hydrogen (secondary N) is 1. The first-order chi connectivity index (χ1) is 14.6. The van der Waals surface area contributed by atoms with Crippen LogP contribution < -0.4 is 9.46 Å². The lowest BCUT2D eigenvalue weighted by molar-refractivity contribution is 0.241. The predicted octanol–water partition coefficient (Wildman–Crippen LogP) is 5.19. The lowest BCUT2D eigenvalue weighted by Gasteiger charge is -2.13. The fourth-order valence-electron chi connectivity index (χ4n) is 3.81. The molecule has 0 aliphatic heterocycles. The predicted molar refractivity (Wildman–Crippen MR) is 125 cm³/mol. The van der Waals surface area contributed by atoms with Gasteiger partial charge in [0, 0.05) is 22.9 Å². The van der Waals surface area contributed by atoms with Gasteiger partial charge in [0.15, 0.2) is 5.82 Å². The van der Waals surface area contributed by atoms with Gasteiger partial charge in [-0.2, -0.15) is 4.37 Å². The minimum Gasteiger partial charge on any atom is -0.491 e. The number of aliphatic hydroxyl groups is 1. The highest BCUT2D eigenvalue weighted by Crippen LogP contribution is 2.39. The van der Waals surface area contributed by atoms with Crippen LogP contribution in [0.1, 0.15) is 43.0 Å². The summed E-state index contributed by atoms with van der Waals surface area (Å²) < 4.78 is 14.0. The first kappa shape index (κ1) is 21.3. The molecule has 1 unspecified atom stereocenters. The van der Waals surface area contributed by atoms with Crippen LogP contribution in [0.5, 0.6) is 5.75 Å². The molecular weight excluding hydrogens is 414 g/mol. The second-order valence-corrected chi connectivity index (χ2v) is 9.41. The van der Waals surface area contributed by atoms with Crippen LogP contribution in [-0.2, 0) is 6.42 Å². The maximum Gasteiger partial charge on any atom is 0.173 e. The molecule has 2 N–H and O–H groups in total. The maximum atomic E-state index is 9.01. The summed E-state index contributed by atoms with van der Waals surface area (Å²) in [7, 11) is 0. The number of aryl methyl sites for hydroxylation is 1. The third kappa shape index (κ3) is 4.54. The molecule has 0 amide bonds. The van der Waals surface area contributed by atoms with Crippen LogP contribution in [-0.4, -0.2) is 32.9 Å². The molecule has 1 heterocycles. The third-order valence-corrected chi connectivity index (χ3v) is 6.74. The van der Waals surface area contributed by atoms with Crippen LogP contribution in [0.2, 0.25) is 0 Å². The van der Waals surface area contributed by atoms with E-state index in [0.29, 0.717) is 11.8 Å². The van der Waals surface area contributed by atoms with Gasteiger partial charge in [0.25, 0.3) is 0 Å². The molecule has 1 aliphatic rings. The number of fused-ring (bicyclic) bond motifs is 1. The Hall–Kier alpha value is -1.93. The summed E-state index contributed by atoms with van der Waals surface area (Å²) in [5.74, 6) is 2.41. The van der Waals surface area contributed by atoms with Crippen molar-refractivity contribution in [3.63, 3.8) is 0 Å². The molecule has 0 saturated carbocycles. The maximum absolute atomic E-state index is 9.01. The monoisotopic (exact) mass is 441 g/mol. The summed E-state index contributed by atoms with van der Waals surface area (Å²) in [4.78, 5) is 4.87. The molecule has 0 radical (unpaired) electrons. The molecule has 4 rings (SSSR count). The van der Waals surface area contributed by atoms with Crippen molar-refractivity contribution in [1.82, 2.24) is 14.1 Å². The van der Waals surface area contributed by atoms with Gasteiger partial charge in [0.1, 0.15) is 10.8 Å². The molecule has 2 aromatic carbocycles. The zero-order chi connectivity index (χ0) is 21.1. The van der Waals surface area contributed by atoms with Gasteiger partial charge in [-0.15, -0.1) is 0 Å². The van der Waals surface area contributed by atoms with Gasteiger partial charge >= 0.3 is 0 Å². The van der Waals surface area contributed by atoms with Crippen LogP contribution in [0.15, 0.2) is 36.4 Å². The first-order valence-corrected chi connectivity index (χ1v) is 12.0. The molecule has 30 heavy (non-hydrogen) atoms.